The summed E-state index contributed by atoms with van der Waals surface area (Å²) in [7, 11) is 0. The number of benzene rings is 1. The standard InChI is InChI=1S/C27H39NO5/c29-25(24-22-33-27(30)28(24)21-23-15-9-8-10-16-23)17-11-6-4-2-1-3-5-7-13-19-31-26-18-12-14-20-32-26/h8-10,15-16,24-26,29H,1-7,12-14,18-22H2/t24-,25+,26?/m0/s1. The summed E-state index contributed by atoms with van der Waals surface area (Å²) in [6.45, 7) is 2.25. The highest BCUT2D eigenvalue weighted by Crippen LogP contribution is 2.19. The van der Waals surface area contributed by atoms with Crippen LogP contribution in [0.4, 0.5) is 4.79 Å². The zero-order valence-corrected chi connectivity index (χ0v) is 19.8. The van der Waals surface area contributed by atoms with Gasteiger partial charge in [-0.25, -0.2) is 4.79 Å². The third-order valence-electron chi connectivity index (χ3n) is 6.21. The van der Waals surface area contributed by atoms with Crippen LogP contribution >= 0.6 is 0 Å². The smallest absolute Gasteiger partial charge is 0.410 e. The molecule has 1 aromatic carbocycles. The van der Waals surface area contributed by atoms with Crippen molar-refractivity contribution in [3.63, 3.8) is 0 Å². The molecule has 0 spiro atoms. The van der Waals surface area contributed by atoms with E-state index in [1.54, 1.807) is 4.90 Å². The van der Waals surface area contributed by atoms with Crippen LogP contribution in [-0.2, 0) is 20.8 Å². The van der Waals surface area contributed by atoms with Gasteiger partial charge in [0.15, 0.2) is 6.29 Å². The van der Waals surface area contributed by atoms with Gasteiger partial charge in [-0.2, -0.15) is 0 Å². The molecular formula is C27H39NO5. The predicted molar refractivity (Wildman–Crippen MR) is 127 cm³/mol. The van der Waals surface area contributed by atoms with Crippen LogP contribution < -0.4 is 0 Å². The van der Waals surface area contributed by atoms with E-state index in [2.05, 4.69) is 11.8 Å². The predicted octanol–water partition coefficient (Wildman–Crippen LogP) is 5.04. The largest absolute Gasteiger partial charge is 0.447 e. The van der Waals surface area contributed by atoms with Crippen molar-refractivity contribution < 1.29 is 24.1 Å². The second-order valence-corrected chi connectivity index (χ2v) is 8.92. The van der Waals surface area contributed by atoms with Crippen LogP contribution in [-0.4, -0.2) is 54.4 Å². The van der Waals surface area contributed by atoms with Gasteiger partial charge in [0, 0.05) is 26.2 Å². The Bertz CT molecular complexity index is 738. The van der Waals surface area contributed by atoms with Gasteiger partial charge in [0.2, 0.25) is 0 Å². The first kappa shape index (κ1) is 25.6. The summed E-state index contributed by atoms with van der Waals surface area (Å²) >= 11 is 0. The van der Waals surface area contributed by atoms with Crippen LogP contribution in [0.25, 0.3) is 0 Å². The van der Waals surface area contributed by atoms with Crippen molar-refractivity contribution in [2.24, 2.45) is 0 Å². The molecule has 0 radical (unpaired) electrons. The maximum absolute atomic E-state index is 12.1. The van der Waals surface area contributed by atoms with Crippen molar-refractivity contribution in [3.05, 3.63) is 35.9 Å². The van der Waals surface area contributed by atoms with Crippen molar-refractivity contribution in [3.8, 4) is 11.8 Å². The Kier molecular flexibility index (Phi) is 11.6. The van der Waals surface area contributed by atoms with E-state index in [-0.39, 0.29) is 12.9 Å². The van der Waals surface area contributed by atoms with Crippen LogP contribution in [0, 0.1) is 11.8 Å². The molecule has 6 heteroatoms. The molecule has 182 valence electrons. The molecule has 0 saturated carbocycles. The minimum atomic E-state index is -0.888. The first-order valence-electron chi connectivity index (χ1n) is 12.6. The van der Waals surface area contributed by atoms with Crippen LogP contribution in [0.3, 0.4) is 0 Å². The highest BCUT2D eigenvalue weighted by Gasteiger charge is 2.37. The number of amides is 1. The third-order valence-corrected chi connectivity index (χ3v) is 6.21. The number of hydrogen-bond donors (Lipinski definition) is 1. The molecule has 1 amide bonds. The van der Waals surface area contributed by atoms with E-state index in [0.717, 1.165) is 57.3 Å². The highest BCUT2D eigenvalue weighted by atomic mass is 16.7. The number of rotatable bonds is 13. The molecule has 2 heterocycles. The molecule has 0 aromatic heterocycles. The van der Waals surface area contributed by atoms with Gasteiger partial charge < -0.3 is 19.3 Å². The number of hydrogen-bond acceptors (Lipinski definition) is 5. The fourth-order valence-electron chi connectivity index (χ4n) is 4.22. The van der Waals surface area contributed by atoms with Crippen molar-refractivity contribution in [1.29, 1.82) is 0 Å². The van der Waals surface area contributed by atoms with Crippen molar-refractivity contribution >= 4 is 6.09 Å². The molecule has 3 atom stereocenters. The maximum atomic E-state index is 12.1. The Morgan fingerprint density at radius 3 is 2.58 bits per heavy atom. The molecule has 3 rings (SSSR count). The second-order valence-electron chi connectivity index (χ2n) is 8.92. The van der Waals surface area contributed by atoms with Gasteiger partial charge >= 0.3 is 6.09 Å². The van der Waals surface area contributed by atoms with E-state index in [1.807, 2.05) is 30.3 Å². The van der Waals surface area contributed by atoms with E-state index in [9.17, 15) is 9.90 Å². The molecule has 2 saturated heterocycles. The normalized spacial score (nSPS) is 21.4. The number of nitrogens with zero attached hydrogens (tertiary/aromatic N) is 1. The summed E-state index contributed by atoms with van der Waals surface area (Å²) < 4.78 is 16.5. The third kappa shape index (κ3) is 9.37. The van der Waals surface area contributed by atoms with E-state index in [0.29, 0.717) is 6.54 Å². The Labute approximate surface area is 198 Å². The van der Waals surface area contributed by atoms with Gasteiger partial charge in [0.05, 0.1) is 0 Å². The number of aliphatic hydroxyl groups is 1. The lowest BCUT2D eigenvalue weighted by molar-refractivity contribution is -0.162. The van der Waals surface area contributed by atoms with E-state index in [4.69, 9.17) is 14.2 Å². The van der Waals surface area contributed by atoms with Crippen molar-refractivity contribution in [2.75, 3.05) is 19.8 Å². The fourth-order valence-corrected chi connectivity index (χ4v) is 4.22. The Balaban J connectivity index is 1.21. The van der Waals surface area contributed by atoms with Gasteiger partial charge in [-0.05, 0) is 37.7 Å². The Morgan fingerprint density at radius 2 is 1.82 bits per heavy atom. The maximum Gasteiger partial charge on any atom is 0.410 e. The van der Waals surface area contributed by atoms with Crippen LogP contribution in [0.15, 0.2) is 30.3 Å². The molecule has 1 unspecified atom stereocenters. The summed E-state index contributed by atoms with van der Waals surface area (Å²) in [5.41, 5.74) is 1.01. The molecule has 0 bridgehead atoms. The molecule has 2 fully saturated rings. The molecule has 1 aromatic rings. The fraction of sp³-hybridized carbons (Fsp3) is 0.667. The topological polar surface area (TPSA) is 68.2 Å². The summed E-state index contributed by atoms with van der Waals surface area (Å²) in [5, 5.41) is 10.5. The summed E-state index contributed by atoms with van der Waals surface area (Å²) in [6.07, 6.45) is 11.2. The van der Waals surface area contributed by atoms with Crippen LogP contribution in [0.2, 0.25) is 0 Å². The zero-order chi connectivity index (χ0) is 23.1. The molecule has 6 nitrogen and oxygen atoms in total. The quantitative estimate of drug-likeness (QED) is 0.332. The lowest BCUT2D eigenvalue weighted by atomic mass is 10.1. The minimum Gasteiger partial charge on any atom is -0.447 e. The van der Waals surface area contributed by atoms with E-state index < -0.39 is 18.2 Å². The SMILES string of the molecule is O=C1OC[C@@H]([C@H](O)C#CCCCCCCCCCOC2CCCCO2)N1Cc1ccccc1. The minimum absolute atomic E-state index is 0.0343. The molecule has 0 aliphatic carbocycles. The molecular weight excluding hydrogens is 418 g/mol. The summed E-state index contributed by atoms with van der Waals surface area (Å²) in [6, 6.07) is 9.31. The number of ether oxygens (including phenoxy) is 3. The lowest BCUT2D eigenvalue weighted by Crippen LogP contribution is -2.41. The van der Waals surface area contributed by atoms with Crippen LogP contribution in [0.5, 0.6) is 0 Å². The number of unbranched alkanes of at least 4 members (excludes halogenated alkanes) is 7. The first-order chi connectivity index (χ1) is 16.2. The van der Waals surface area contributed by atoms with Crippen LogP contribution in [0.1, 0.15) is 76.2 Å². The Morgan fingerprint density at radius 1 is 1.06 bits per heavy atom. The van der Waals surface area contributed by atoms with Gasteiger partial charge in [0.1, 0.15) is 18.8 Å². The zero-order valence-electron chi connectivity index (χ0n) is 19.8. The first-order valence-corrected chi connectivity index (χ1v) is 12.6. The van der Waals surface area contributed by atoms with Gasteiger partial charge in [-0.3, -0.25) is 4.90 Å². The summed E-state index contributed by atoms with van der Waals surface area (Å²) in [4.78, 5) is 13.6. The number of carbonyl (C=O) groups is 1. The van der Waals surface area contributed by atoms with Crippen molar-refractivity contribution in [1.82, 2.24) is 4.90 Å². The monoisotopic (exact) mass is 457 g/mol. The molecule has 33 heavy (non-hydrogen) atoms. The van der Waals surface area contributed by atoms with Gasteiger partial charge in [0.25, 0.3) is 0 Å². The van der Waals surface area contributed by atoms with Gasteiger partial charge in [-0.1, -0.05) is 68.4 Å². The second kappa shape index (κ2) is 15.0. The van der Waals surface area contributed by atoms with Crippen molar-refractivity contribution in [2.45, 2.75) is 95.6 Å². The molecule has 2 aliphatic heterocycles. The van der Waals surface area contributed by atoms with Gasteiger partial charge in [-0.15, -0.1) is 5.92 Å². The highest BCUT2D eigenvalue weighted by molar-refractivity contribution is 5.70. The summed E-state index contributed by atoms with van der Waals surface area (Å²) in [5.74, 6) is 6.01. The average Bonchev–Trinajstić information content (AvgIpc) is 3.21. The number of carbonyl (C=O) groups excluding carboxylic acids is 1. The number of cyclic esters (lactones) is 1. The van der Waals surface area contributed by atoms with E-state index in [1.165, 1.54) is 32.1 Å². The molecule has 1 N–H and O–H groups in total. The molecule has 2 aliphatic rings. The lowest BCUT2D eigenvalue weighted by Gasteiger charge is -2.23. The Hall–Kier alpha value is -2.07. The average molecular weight is 458 g/mol. The van der Waals surface area contributed by atoms with E-state index >= 15 is 0 Å². The number of aliphatic hydroxyl groups excluding tert-OH is 1.